The maximum absolute atomic E-state index is 12.7. The molecule has 1 saturated heterocycles. The van der Waals surface area contributed by atoms with E-state index in [4.69, 9.17) is 4.74 Å². The van der Waals surface area contributed by atoms with Crippen molar-refractivity contribution in [1.29, 1.82) is 0 Å². The van der Waals surface area contributed by atoms with Crippen molar-refractivity contribution in [3.63, 3.8) is 0 Å². The third-order valence-corrected chi connectivity index (χ3v) is 5.70. The Bertz CT molecular complexity index is 838. The summed E-state index contributed by atoms with van der Waals surface area (Å²) in [6, 6.07) is 8.72. The van der Waals surface area contributed by atoms with Gasteiger partial charge in [-0.05, 0) is 24.5 Å². The number of amidine groups is 1. The number of rotatable bonds is 8. The number of fused-ring (bicyclic) bond motifs is 1. The molecule has 1 aromatic carbocycles. The molecular formula is C22H32N6O3. The summed E-state index contributed by atoms with van der Waals surface area (Å²) in [6.07, 6.45) is 1.42. The normalized spacial score (nSPS) is 22.3. The number of hydrogen-bond acceptors (Lipinski definition) is 8. The van der Waals surface area contributed by atoms with Gasteiger partial charge in [-0.3, -0.25) is 9.69 Å². The molecule has 1 aromatic rings. The van der Waals surface area contributed by atoms with E-state index in [1.807, 2.05) is 13.0 Å². The summed E-state index contributed by atoms with van der Waals surface area (Å²) in [6.45, 7) is 6.53. The molecule has 9 heteroatoms. The van der Waals surface area contributed by atoms with Crippen LogP contribution in [0.2, 0.25) is 0 Å². The molecule has 0 aromatic heterocycles. The van der Waals surface area contributed by atoms with E-state index in [0.717, 1.165) is 32.6 Å². The Morgan fingerprint density at radius 3 is 2.90 bits per heavy atom. The summed E-state index contributed by atoms with van der Waals surface area (Å²) in [5, 5.41) is 22.8. The van der Waals surface area contributed by atoms with Crippen LogP contribution in [0.3, 0.4) is 0 Å². The van der Waals surface area contributed by atoms with Crippen LogP contribution in [0.1, 0.15) is 18.1 Å². The molecule has 0 bridgehead atoms. The number of nitrogens with one attached hydrogen (secondary N) is 4. The first-order valence-corrected chi connectivity index (χ1v) is 11.0. The summed E-state index contributed by atoms with van der Waals surface area (Å²) < 4.78 is 5.55. The Morgan fingerprint density at radius 1 is 1.35 bits per heavy atom. The quantitative estimate of drug-likeness (QED) is 0.372. The van der Waals surface area contributed by atoms with Crippen LogP contribution in [0.5, 0.6) is 0 Å². The zero-order valence-corrected chi connectivity index (χ0v) is 17.9. The van der Waals surface area contributed by atoms with Crippen molar-refractivity contribution < 1.29 is 14.6 Å². The monoisotopic (exact) mass is 428 g/mol. The fourth-order valence-corrected chi connectivity index (χ4v) is 3.93. The van der Waals surface area contributed by atoms with Crippen molar-refractivity contribution in [2.45, 2.75) is 38.4 Å². The van der Waals surface area contributed by atoms with E-state index in [2.05, 4.69) is 49.4 Å². The number of carbonyl (C=O) groups excluding carboxylic acids is 1. The average molecular weight is 429 g/mol. The molecule has 1 amide bonds. The van der Waals surface area contributed by atoms with Gasteiger partial charge < -0.3 is 31.1 Å². The largest absolute Gasteiger partial charge is 0.390 e. The Labute approximate surface area is 182 Å². The predicted octanol–water partition coefficient (Wildman–Crippen LogP) is -0.711. The van der Waals surface area contributed by atoms with Crippen molar-refractivity contribution in [2.75, 3.05) is 39.3 Å². The van der Waals surface area contributed by atoms with E-state index in [1.165, 1.54) is 11.1 Å². The number of β-amino-alcohol motifs (C(OH)–C–C–N with tert-alkyl or cyclic N) is 1. The molecule has 5 N–H and O–H groups in total. The van der Waals surface area contributed by atoms with E-state index in [-0.39, 0.29) is 12.5 Å². The van der Waals surface area contributed by atoms with E-state index in [9.17, 15) is 9.90 Å². The standard InChI is InChI=1S/C22H32N6O3/c1-2-31-22-26-19(9-20(27-22)25-17-10-23-11-17)21(30)24-12-18(29)14-28-8-7-15-5-3-4-6-16(15)13-28/h3-6,9,17-18,22-23,26,29H,2,7-8,10-14H2,1H3,(H,24,30)(H,25,27)/t18-,22?/m0/s1. The number of carbonyl (C=O) groups is 1. The van der Waals surface area contributed by atoms with Gasteiger partial charge in [0.1, 0.15) is 11.5 Å². The Kier molecular flexibility index (Phi) is 7.18. The summed E-state index contributed by atoms with van der Waals surface area (Å²) >= 11 is 0. The van der Waals surface area contributed by atoms with Crippen molar-refractivity contribution in [3.8, 4) is 0 Å². The van der Waals surface area contributed by atoms with Crippen molar-refractivity contribution in [3.05, 3.63) is 47.2 Å². The van der Waals surface area contributed by atoms with E-state index < -0.39 is 12.5 Å². The molecule has 0 aliphatic carbocycles. The maximum atomic E-state index is 12.7. The number of hydrogen-bond donors (Lipinski definition) is 5. The summed E-state index contributed by atoms with van der Waals surface area (Å²) in [5.41, 5.74) is 3.07. The van der Waals surface area contributed by atoms with E-state index >= 15 is 0 Å². The molecule has 0 saturated carbocycles. The highest BCUT2D eigenvalue weighted by atomic mass is 16.5. The van der Waals surface area contributed by atoms with Crippen molar-refractivity contribution in [1.82, 2.24) is 26.2 Å². The third-order valence-electron chi connectivity index (χ3n) is 5.70. The van der Waals surface area contributed by atoms with Crippen LogP contribution in [0.25, 0.3) is 0 Å². The zero-order valence-electron chi connectivity index (χ0n) is 17.9. The number of ether oxygens (including phenoxy) is 1. The first kappa shape index (κ1) is 21.8. The lowest BCUT2D eigenvalue weighted by Gasteiger charge is -2.31. The van der Waals surface area contributed by atoms with Crippen LogP contribution in [-0.2, 0) is 22.5 Å². The smallest absolute Gasteiger partial charge is 0.267 e. The second-order valence-electron chi connectivity index (χ2n) is 8.14. The Balaban J connectivity index is 1.27. The number of nitrogens with zero attached hydrogens (tertiary/aromatic N) is 2. The SMILES string of the molecule is CCOC1N=C(NC2CNC2)C=C(C(=O)NC[C@H](O)CN2CCc3ccccc3C2)N1. The topological polar surface area (TPSA) is 110 Å². The molecule has 1 fully saturated rings. The lowest BCUT2D eigenvalue weighted by molar-refractivity contribution is -0.119. The van der Waals surface area contributed by atoms with Gasteiger partial charge in [-0.25, -0.2) is 4.99 Å². The lowest BCUT2D eigenvalue weighted by atomic mass is 10.00. The minimum atomic E-state index is -0.645. The van der Waals surface area contributed by atoms with Gasteiger partial charge in [-0.1, -0.05) is 24.3 Å². The molecule has 3 aliphatic rings. The molecule has 0 spiro atoms. The van der Waals surface area contributed by atoms with Crippen LogP contribution in [0, 0.1) is 0 Å². The second-order valence-corrected chi connectivity index (χ2v) is 8.14. The number of aliphatic imine (C=N–C) groups is 1. The van der Waals surface area contributed by atoms with Crippen molar-refractivity contribution in [2.24, 2.45) is 4.99 Å². The van der Waals surface area contributed by atoms with Crippen LogP contribution < -0.4 is 21.3 Å². The van der Waals surface area contributed by atoms with Gasteiger partial charge in [0.2, 0.25) is 6.35 Å². The van der Waals surface area contributed by atoms with E-state index in [0.29, 0.717) is 30.7 Å². The highest BCUT2D eigenvalue weighted by molar-refractivity contribution is 6.03. The van der Waals surface area contributed by atoms with Crippen LogP contribution in [0.15, 0.2) is 41.0 Å². The molecular weight excluding hydrogens is 396 g/mol. The predicted molar refractivity (Wildman–Crippen MR) is 118 cm³/mol. The molecule has 3 heterocycles. The minimum absolute atomic E-state index is 0.182. The van der Waals surface area contributed by atoms with Gasteiger partial charge in [0.15, 0.2) is 0 Å². The van der Waals surface area contributed by atoms with Gasteiger partial charge in [-0.2, -0.15) is 0 Å². The first-order chi connectivity index (χ1) is 15.1. The first-order valence-electron chi connectivity index (χ1n) is 11.0. The van der Waals surface area contributed by atoms with Gasteiger partial charge >= 0.3 is 0 Å². The highest BCUT2D eigenvalue weighted by Crippen LogP contribution is 2.18. The number of benzene rings is 1. The van der Waals surface area contributed by atoms with Crippen LogP contribution in [0.4, 0.5) is 0 Å². The maximum Gasteiger partial charge on any atom is 0.267 e. The number of amides is 1. The fraction of sp³-hybridized carbons (Fsp3) is 0.545. The Morgan fingerprint density at radius 2 is 2.16 bits per heavy atom. The van der Waals surface area contributed by atoms with Crippen LogP contribution in [-0.4, -0.2) is 79.6 Å². The van der Waals surface area contributed by atoms with Crippen LogP contribution >= 0.6 is 0 Å². The minimum Gasteiger partial charge on any atom is -0.390 e. The van der Waals surface area contributed by atoms with E-state index in [1.54, 1.807) is 6.08 Å². The second kappa shape index (κ2) is 10.2. The molecule has 1 unspecified atom stereocenters. The summed E-state index contributed by atoms with van der Waals surface area (Å²) in [7, 11) is 0. The average Bonchev–Trinajstić information content (AvgIpc) is 2.74. The zero-order chi connectivity index (χ0) is 21.6. The third kappa shape index (κ3) is 5.82. The molecule has 0 radical (unpaired) electrons. The highest BCUT2D eigenvalue weighted by Gasteiger charge is 2.25. The number of aliphatic hydroxyl groups excluding tert-OH is 1. The van der Waals surface area contributed by atoms with Gasteiger partial charge in [0.05, 0.1) is 12.1 Å². The molecule has 168 valence electrons. The molecule has 4 rings (SSSR count). The summed E-state index contributed by atoms with van der Waals surface area (Å²) in [4.78, 5) is 19.4. The molecule has 31 heavy (non-hydrogen) atoms. The van der Waals surface area contributed by atoms with Gasteiger partial charge in [-0.15, -0.1) is 0 Å². The number of aliphatic hydroxyl groups is 1. The molecule has 2 atom stereocenters. The van der Waals surface area contributed by atoms with Gasteiger partial charge in [0, 0.05) is 52.0 Å². The van der Waals surface area contributed by atoms with Crippen molar-refractivity contribution >= 4 is 11.7 Å². The van der Waals surface area contributed by atoms with Gasteiger partial charge in [0.25, 0.3) is 5.91 Å². The summed E-state index contributed by atoms with van der Waals surface area (Å²) in [5.74, 6) is 0.343. The molecule has 3 aliphatic heterocycles. The fourth-order valence-electron chi connectivity index (χ4n) is 3.93. The Hall–Kier alpha value is -2.46. The lowest BCUT2D eigenvalue weighted by Crippen LogP contribution is -2.57. The molecule has 9 nitrogen and oxygen atoms in total.